The molecular weight excluding hydrogens is 188 g/mol. The molecule has 0 amide bonds. The third-order valence-corrected chi connectivity index (χ3v) is 3.02. The SMILES string of the molecule is CNC1CCN(Cc2ccc(O)cc2)C1. The van der Waals surface area contributed by atoms with Crippen molar-refractivity contribution < 1.29 is 5.11 Å². The van der Waals surface area contributed by atoms with Crippen molar-refractivity contribution in [2.45, 2.75) is 19.0 Å². The third kappa shape index (κ3) is 2.70. The van der Waals surface area contributed by atoms with E-state index in [-0.39, 0.29) is 0 Å². The second-order valence-corrected chi connectivity index (χ2v) is 4.18. The maximum absolute atomic E-state index is 9.17. The molecule has 0 saturated carbocycles. The molecule has 0 aromatic heterocycles. The van der Waals surface area contributed by atoms with Crippen LogP contribution in [-0.4, -0.2) is 36.2 Å². The second kappa shape index (κ2) is 4.64. The molecule has 0 radical (unpaired) electrons. The molecule has 3 heteroatoms. The maximum atomic E-state index is 9.17. The summed E-state index contributed by atoms with van der Waals surface area (Å²) in [5, 5.41) is 12.5. The van der Waals surface area contributed by atoms with Crippen LogP contribution in [0.25, 0.3) is 0 Å². The highest BCUT2D eigenvalue weighted by atomic mass is 16.3. The standard InChI is InChI=1S/C12H18N2O/c1-13-11-6-7-14(9-11)8-10-2-4-12(15)5-3-10/h2-5,11,13,15H,6-9H2,1H3. The highest BCUT2D eigenvalue weighted by Gasteiger charge is 2.20. The molecule has 1 aliphatic heterocycles. The van der Waals surface area contributed by atoms with Gasteiger partial charge in [-0.2, -0.15) is 0 Å². The van der Waals surface area contributed by atoms with Crippen molar-refractivity contribution >= 4 is 0 Å². The fourth-order valence-electron chi connectivity index (χ4n) is 2.07. The third-order valence-electron chi connectivity index (χ3n) is 3.02. The van der Waals surface area contributed by atoms with Crippen LogP contribution in [0.5, 0.6) is 5.75 Å². The minimum Gasteiger partial charge on any atom is -0.508 e. The monoisotopic (exact) mass is 206 g/mol. The van der Waals surface area contributed by atoms with E-state index in [9.17, 15) is 5.11 Å². The summed E-state index contributed by atoms with van der Waals surface area (Å²) in [4.78, 5) is 2.44. The summed E-state index contributed by atoms with van der Waals surface area (Å²) in [5.41, 5.74) is 1.27. The molecule has 82 valence electrons. The van der Waals surface area contributed by atoms with Crippen LogP contribution in [0.2, 0.25) is 0 Å². The Morgan fingerprint density at radius 3 is 2.73 bits per heavy atom. The molecule has 15 heavy (non-hydrogen) atoms. The number of hydrogen-bond donors (Lipinski definition) is 2. The molecule has 1 atom stereocenters. The number of aromatic hydroxyl groups is 1. The van der Waals surface area contributed by atoms with Gasteiger partial charge < -0.3 is 10.4 Å². The van der Waals surface area contributed by atoms with E-state index in [1.54, 1.807) is 12.1 Å². The van der Waals surface area contributed by atoms with Crippen molar-refractivity contribution in [2.75, 3.05) is 20.1 Å². The van der Waals surface area contributed by atoms with Crippen LogP contribution in [0.1, 0.15) is 12.0 Å². The van der Waals surface area contributed by atoms with Gasteiger partial charge in [0, 0.05) is 25.7 Å². The van der Waals surface area contributed by atoms with E-state index in [2.05, 4.69) is 10.2 Å². The average molecular weight is 206 g/mol. The normalized spacial score (nSPS) is 22.1. The molecule has 1 aromatic carbocycles. The van der Waals surface area contributed by atoms with Gasteiger partial charge in [-0.15, -0.1) is 0 Å². The zero-order valence-electron chi connectivity index (χ0n) is 9.11. The van der Waals surface area contributed by atoms with Crippen LogP contribution in [0, 0.1) is 0 Å². The summed E-state index contributed by atoms with van der Waals surface area (Å²) in [7, 11) is 2.02. The van der Waals surface area contributed by atoms with Gasteiger partial charge in [0.15, 0.2) is 0 Å². The fourth-order valence-corrected chi connectivity index (χ4v) is 2.07. The zero-order valence-corrected chi connectivity index (χ0v) is 9.11. The quantitative estimate of drug-likeness (QED) is 0.779. The molecule has 1 unspecified atom stereocenters. The number of nitrogens with zero attached hydrogens (tertiary/aromatic N) is 1. The van der Waals surface area contributed by atoms with Gasteiger partial charge in [0.25, 0.3) is 0 Å². The Bertz CT molecular complexity index is 310. The minimum absolute atomic E-state index is 0.341. The minimum atomic E-state index is 0.341. The smallest absolute Gasteiger partial charge is 0.115 e. The van der Waals surface area contributed by atoms with E-state index in [1.165, 1.54) is 12.0 Å². The van der Waals surface area contributed by atoms with Crippen LogP contribution in [-0.2, 0) is 6.54 Å². The van der Waals surface area contributed by atoms with Crippen molar-refractivity contribution in [1.29, 1.82) is 0 Å². The molecule has 0 bridgehead atoms. The van der Waals surface area contributed by atoms with Crippen molar-refractivity contribution in [1.82, 2.24) is 10.2 Å². The van der Waals surface area contributed by atoms with Crippen LogP contribution < -0.4 is 5.32 Å². The Labute approximate surface area is 90.7 Å². The van der Waals surface area contributed by atoms with E-state index in [4.69, 9.17) is 0 Å². The summed E-state index contributed by atoms with van der Waals surface area (Å²) in [6.45, 7) is 3.27. The lowest BCUT2D eigenvalue weighted by Crippen LogP contribution is -2.29. The Morgan fingerprint density at radius 1 is 1.40 bits per heavy atom. The number of nitrogens with one attached hydrogen (secondary N) is 1. The van der Waals surface area contributed by atoms with E-state index >= 15 is 0 Å². The highest BCUT2D eigenvalue weighted by Crippen LogP contribution is 2.15. The lowest BCUT2D eigenvalue weighted by Gasteiger charge is -2.15. The van der Waals surface area contributed by atoms with Gasteiger partial charge in [0.2, 0.25) is 0 Å². The Balaban J connectivity index is 1.90. The average Bonchev–Trinajstić information content (AvgIpc) is 2.69. The maximum Gasteiger partial charge on any atom is 0.115 e. The number of likely N-dealkylation sites (N-methyl/N-ethyl adjacent to an activating group) is 1. The Hall–Kier alpha value is -1.06. The first-order valence-corrected chi connectivity index (χ1v) is 5.45. The molecule has 2 rings (SSSR count). The first-order valence-electron chi connectivity index (χ1n) is 5.45. The zero-order chi connectivity index (χ0) is 10.7. The predicted molar refractivity (Wildman–Crippen MR) is 60.8 cm³/mol. The van der Waals surface area contributed by atoms with Gasteiger partial charge in [-0.1, -0.05) is 12.1 Å². The lowest BCUT2D eigenvalue weighted by molar-refractivity contribution is 0.322. The number of phenols is 1. The van der Waals surface area contributed by atoms with Gasteiger partial charge in [-0.05, 0) is 31.2 Å². The van der Waals surface area contributed by atoms with Gasteiger partial charge in [0.05, 0.1) is 0 Å². The van der Waals surface area contributed by atoms with Gasteiger partial charge in [-0.3, -0.25) is 4.90 Å². The van der Waals surface area contributed by atoms with Gasteiger partial charge in [0.1, 0.15) is 5.75 Å². The first-order chi connectivity index (χ1) is 7.28. The molecule has 1 aliphatic rings. The summed E-state index contributed by atoms with van der Waals surface area (Å²) in [6.07, 6.45) is 1.23. The molecule has 1 saturated heterocycles. The predicted octanol–water partition coefficient (Wildman–Crippen LogP) is 1.19. The molecule has 1 heterocycles. The van der Waals surface area contributed by atoms with E-state index in [0.29, 0.717) is 11.8 Å². The van der Waals surface area contributed by atoms with Crippen LogP contribution >= 0.6 is 0 Å². The Kier molecular flexibility index (Phi) is 3.23. The van der Waals surface area contributed by atoms with Crippen molar-refractivity contribution in [3.63, 3.8) is 0 Å². The molecule has 1 fully saturated rings. The number of likely N-dealkylation sites (tertiary alicyclic amines) is 1. The molecular formula is C12H18N2O. The van der Waals surface area contributed by atoms with Gasteiger partial charge in [-0.25, -0.2) is 0 Å². The number of rotatable bonds is 3. The molecule has 0 aliphatic carbocycles. The lowest BCUT2D eigenvalue weighted by atomic mass is 10.2. The van der Waals surface area contributed by atoms with Crippen molar-refractivity contribution in [2.24, 2.45) is 0 Å². The highest BCUT2D eigenvalue weighted by molar-refractivity contribution is 5.25. The van der Waals surface area contributed by atoms with Crippen LogP contribution in [0.4, 0.5) is 0 Å². The summed E-state index contributed by atoms with van der Waals surface area (Å²) in [5.74, 6) is 0.341. The van der Waals surface area contributed by atoms with E-state index in [1.807, 2.05) is 19.2 Å². The Morgan fingerprint density at radius 2 is 2.13 bits per heavy atom. The number of phenolic OH excluding ortho intramolecular Hbond substituents is 1. The second-order valence-electron chi connectivity index (χ2n) is 4.18. The van der Waals surface area contributed by atoms with Crippen molar-refractivity contribution in [3.8, 4) is 5.75 Å². The molecule has 3 nitrogen and oxygen atoms in total. The topological polar surface area (TPSA) is 35.5 Å². The summed E-state index contributed by atoms with van der Waals surface area (Å²) < 4.78 is 0. The van der Waals surface area contributed by atoms with Crippen LogP contribution in [0.15, 0.2) is 24.3 Å². The van der Waals surface area contributed by atoms with Gasteiger partial charge >= 0.3 is 0 Å². The number of benzene rings is 1. The first kappa shape index (κ1) is 10.5. The fraction of sp³-hybridized carbons (Fsp3) is 0.500. The molecule has 2 N–H and O–H groups in total. The number of hydrogen-bond acceptors (Lipinski definition) is 3. The largest absolute Gasteiger partial charge is 0.508 e. The molecule has 1 aromatic rings. The molecule has 0 spiro atoms. The van der Waals surface area contributed by atoms with E-state index in [0.717, 1.165) is 19.6 Å². The summed E-state index contributed by atoms with van der Waals surface area (Å²) in [6, 6.07) is 8.12. The summed E-state index contributed by atoms with van der Waals surface area (Å²) >= 11 is 0. The van der Waals surface area contributed by atoms with E-state index < -0.39 is 0 Å². The van der Waals surface area contributed by atoms with Crippen molar-refractivity contribution in [3.05, 3.63) is 29.8 Å². The van der Waals surface area contributed by atoms with Crippen LogP contribution in [0.3, 0.4) is 0 Å².